The Labute approximate surface area is 130 Å². The largest absolute Gasteiger partial charge is 0.481 e. The SMILES string of the molecule is CC(C)(C)OC(=O)N[C@H](c1ccccc1)[C@H](O)CCC(=O)O. The number of carboxylic acid groups (broad SMARTS) is 1. The van der Waals surface area contributed by atoms with Crippen LogP contribution in [0.3, 0.4) is 0 Å². The second kappa shape index (κ2) is 7.79. The highest BCUT2D eigenvalue weighted by molar-refractivity contribution is 5.69. The van der Waals surface area contributed by atoms with Gasteiger partial charge in [-0.15, -0.1) is 0 Å². The van der Waals surface area contributed by atoms with E-state index in [1.165, 1.54) is 0 Å². The summed E-state index contributed by atoms with van der Waals surface area (Å²) in [6.45, 7) is 5.22. The number of aliphatic hydroxyl groups excluding tert-OH is 1. The molecular formula is C16H23NO5. The number of ether oxygens (including phenoxy) is 1. The topological polar surface area (TPSA) is 95.9 Å². The van der Waals surface area contributed by atoms with Gasteiger partial charge in [-0.05, 0) is 32.8 Å². The molecule has 1 aromatic rings. The number of aliphatic hydroxyl groups is 1. The average molecular weight is 309 g/mol. The number of carbonyl (C=O) groups excluding carboxylic acids is 1. The lowest BCUT2D eigenvalue weighted by molar-refractivity contribution is -0.137. The first kappa shape index (κ1) is 18.0. The monoisotopic (exact) mass is 309 g/mol. The van der Waals surface area contributed by atoms with Crippen molar-refractivity contribution in [3.05, 3.63) is 35.9 Å². The predicted molar refractivity (Wildman–Crippen MR) is 81.4 cm³/mol. The third-order valence-electron chi connectivity index (χ3n) is 2.87. The Morgan fingerprint density at radius 1 is 1.23 bits per heavy atom. The minimum Gasteiger partial charge on any atom is -0.481 e. The molecule has 0 aliphatic rings. The maximum atomic E-state index is 11.9. The van der Waals surface area contributed by atoms with Crippen LogP contribution in [-0.2, 0) is 9.53 Å². The molecule has 0 aromatic heterocycles. The highest BCUT2D eigenvalue weighted by atomic mass is 16.6. The summed E-state index contributed by atoms with van der Waals surface area (Å²) >= 11 is 0. The van der Waals surface area contributed by atoms with Gasteiger partial charge in [0.25, 0.3) is 0 Å². The number of benzene rings is 1. The molecule has 2 atom stereocenters. The Hall–Kier alpha value is -2.08. The van der Waals surface area contributed by atoms with Gasteiger partial charge in [0.05, 0.1) is 12.1 Å². The van der Waals surface area contributed by atoms with E-state index in [4.69, 9.17) is 9.84 Å². The zero-order chi connectivity index (χ0) is 16.8. The molecule has 0 radical (unpaired) electrons. The summed E-state index contributed by atoms with van der Waals surface area (Å²) in [4.78, 5) is 22.6. The van der Waals surface area contributed by atoms with Crippen LogP contribution in [-0.4, -0.2) is 34.0 Å². The van der Waals surface area contributed by atoms with E-state index in [2.05, 4.69) is 5.32 Å². The van der Waals surface area contributed by atoms with Crippen LogP contribution in [0.4, 0.5) is 4.79 Å². The number of hydrogen-bond donors (Lipinski definition) is 3. The zero-order valence-corrected chi connectivity index (χ0v) is 13.1. The zero-order valence-electron chi connectivity index (χ0n) is 13.1. The summed E-state index contributed by atoms with van der Waals surface area (Å²) in [5, 5.41) is 21.6. The molecule has 6 nitrogen and oxygen atoms in total. The molecule has 1 rings (SSSR count). The van der Waals surface area contributed by atoms with Gasteiger partial charge in [0.1, 0.15) is 5.60 Å². The number of alkyl carbamates (subject to hydrolysis) is 1. The Morgan fingerprint density at radius 2 is 1.82 bits per heavy atom. The summed E-state index contributed by atoms with van der Waals surface area (Å²) in [5.74, 6) is -0.997. The average Bonchev–Trinajstić information content (AvgIpc) is 2.41. The standard InChI is InChI=1S/C16H23NO5/c1-16(2,3)22-15(21)17-14(11-7-5-4-6-8-11)12(18)9-10-13(19)20/h4-8,12,14,18H,9-10H2,1-3H3,(H,17,21)(H,19,20)/t12-,14-/m1/s1. The maximum absolute atomic E-state index is 11.9. The summed E-state index contributed by atoms with van der Waals surface area (Å²) in [5.41, 5.74) is 0.0309. The quantitative estimate of drug-likeness (QED) is 0.750. The first-order valence-electron chi connectivity index (χ1n) is 7.13. The fourth-order valence-electron chi connectivity index (χ4n) is 1.93. The second-order valence-corrected chi connectivity index (χ2v) is 6.03. The van der Waals surface area contributed by atoms with E-state index < -0.39 is 29.8 Å². The van der Waals surface area contributed by atoms with Crippen LogP contribution in [0.2, 0.25) is 0 Å². The van der Waals surface area contributed by atoms with Gasteiger partial charge in [-0.25, -0.2) is 4.79 Å². The number of nitrogens with one attached hydrogen (secondary N) is 1. The normalized spacial score (nSPS) is 14.0. The second-order valence-electron chi connectivity index (χ2n) is 6.03. The smallest absolute Gasteiger partial charge is 0.408 e. The number of aliphatic carboxylic acids is 1. The Morgan fingerprint density at radius 3 is 2.32 bits per heavy atom. The van der Waals surface area contributed by atoms with E-state index in [-0.39, 0.29) is 12.8 Å². The summed E-state index contributed by atoms with van der Waals surface area (Å²) in [6.07, 6.45) is -1.83. The van der Waals surface area contributed by atoms with Crippen LogP contribution in [0.25, 0.3) is 0 Å². The molecule has 0 bridgehead atoms. The lowest BCUT2D eigenvalue weighted by atomic mass is 9.98. The molecule has 0 saturated carbocycles. The lowest BCUT2D eigenvalue weighted by Gasteiger charge is -2.27. The number of carboxylic acids is 1. The Balaban J connectivity index is 2.83. The molecule has 0 fully saturated rings. The Bertz CT molecular complexity index is 495. The van der Waals surface area contributed by atoms with Crippen LogP contribution in [0, 0.1) is 0 Å². The van der Waals surface area contributed by atoms with Crippen molar-refractivity contribution in [3.8, 4) is 0 Å². The van der Waals surface area contributed by atoms with Gasteiger partial charge in [0.15, 0.2) is 0 Å². The number of amides is 1. The van der Waals surface area contributed by atoms with Gasteiger partial charge in [0.2, 0.25) is 0 Å². The van der Waals surface area contributed by atoms with Crippen LogP contribution >= 0.6 is 0 Å². The molecule has 0 spiro atoms. The molecule has 3 N–H and O–H groups in total. The van der Waals surface area contributed by atoms with Crippen LogP contribution in [0.15, 0.2) is 30.3 Å². The van der Waals surface area contributed by atoms with Crippen molar-refractivity contribution in [2.45, 2.75) is 51.4 Å². The molecule has 0 aliphatic heterocycles. The molecule has 6 heteroatoms. The van der Waals surface area contributed by atoms with E-state index >= 15 is 0 Å². The summed E-state index contributed by atoms with van der Waals surface area (Å²) in [6, 6.07) is 8.16. The van der Waals surface area contributed by atoms with Crippen molar-refractivity contribution in [1.29, 1.82) is 0 Å². The number of hydrogen-bond acceptors (Lipinski definition) is 4. The highest BCUT2D eigenvalue weighted by Gasteiger charge is 2.26. The molecule has 0 heterocycles. The van der Waals surface area contributed by atoms with Crippen LogP contribution in [0.5, 0.6) is 0 Å². The van der Waals surface area contributed by atoms with E-state index in [0.717, 1.165) is 0 Å². The number of rotatable bonds is 6. The van der Waals surface area contributed by atoms with E-state index in [0.29, 0.717) is 5.56 Å². The van der Waals surface area contributed by atoms with Gasteiger partial charge in [0, 0.05) is 6.42 Å². The molecule has 0 unspecified atom stereocenters. The van der Waals surface area contributed by atoms with E-state index in [1.807, 2.05) is 6.07 Å². The Kier molecular flexibility index (Phi) is 6.37. The third kappa shape index (κ3) is 6.58. The lowest BCUT2D eigenvalue weighted by Crippen LogP contribution is -2.39. The van der Waals surface area contributed by atoms with Crippen LogP contribution < -0.4 is 5.32 Å². The predicted octanol–water partition coefficient (Wildman–Crippen LogP) is 2.48. The molecule has 22 heavy (non-hydrogen) atoms. The fraction of sp³-hybridized carbons (Fsp3) is 0.500. The number of carbonyl (C=O) groups is 2. The van der Waals surface area contributed by atoms with Gasteiger partial charge in [-0.2, -0.15) is 0 Å². The molecule has 1 amide bonds. The maximum Gasteiger partial charge on any atom is 0.408 e. The highest BCUT2D eigenvalue weighted by Crippen LogP contribution is 2.21. The fourth-order valence-corrected chi connectivity index (χ4v) is 1.93. The van der Waals surface area contributed by atoms with Crippen molar-refractivity contribution < 1.29 is 24.5 Å². The van der Waals surface area contributed by atoms with Gasteiger partial charge < -0.3 is 20.3 Å². The van der Waals surface area contributed by atoms with E-state index in [9.17, 15) is 14.7 Å². The molecular weight excluding hydrogens is 286 g/mol. The minimum absolute atomic E-state index is 0.0324. The van der Waals surface area contributed by atoms with Crippen molar-refractivity contribution in [1.82, 2.24) is 5.32 Å². The molecule has 0 aliphatic carbocycles. The molecule has 1 aromatic carbocycles. The van der Waals surface area contributed by atoms with Gasteiger partial charge in [-0.1, -0.05) is 30.3 Å². The van der Waals surface area contributed by atoms with E-state index in [1.54, 1.807) is 45.0 Å². The van der Waals surface area contributed by atoms with Gasteiger partial charge >= 0.3 is 12.1 Å². The summed E-state index contributed by atoms with van der Waals surface area (Å²) in [7, 11) is 0. The van der Waals surface area contributed by atoms with Gasteiger partial charge in [-0.3, -0.25) is 4.79 Å². The van der Waals surface area contributed by atoms with Crippen molar-refractivity contribution in [2.75, 3.05) is 0 Å². The van der Waals surface area contributed by atoms with Crippen LogP contribution in [0.1, 0.15) is 45.2 Å². The van der Waals surface area contributed by atoms with Crippen molar-refractivity contribution >= 4 is 12.1 Å². The first-order chi connectivity index (χ1) is 10.2. The first-order valence-corrected chi connectivity index (χ1v) is 7.13. The van der Waals surface area contributed by atoms with Crippen molar-refractivity contribution in [3.63, 3.8) is 0 Å². The molecule has 122 valence electrons. The third-order valence-corrected chi connectivity index (χ3v) is 2.87. The summed E-state index contributed by atoms with van der Waals surface area (Å²) < 4.78 is 5.19. The minimum atomic E-state index is -1.02. The van der Waals surface area contributed by atoms with Crippen molar-refractivity contribution in [2.24, 2.45) is 0 Å². The molecule has 0 saturated heterocycles.